The molecule has 0 atom stereocenters. The number of piperidine rings is 1. The summed E-state index contributed by atoms with van der Waals surface area (Å²) in [6, 6.07) is 12.1. The van der Waals surface area contributed by atoms with Crippen LogP contribution in [0.1, 0.15) is 37.5 Å². The van der Waals surface area contributed by atoms with E-state index in [9.17, 15) is 4.79 Å². The number of likely N-dealkylation sites (tertiary alicyclic amines) is 1. The van der Waals surface area contributed by atoms with E-state index in [0.717, 1.165) is 43.9 Å². The molecule has 4 nitrogen and oxygen atoms in total. The smallest absolute Gasteiger partial charge is 0.223 e. The second-order valence-corrected chi connectivity index (χ2v) is 6.28. The Morgan fingerprint density at radius 3 is 2.79 bits per heavy atom. The molecule has 0 unspecified atom stereocenters. The van der Waals surface area contributed by atoms with E-state index in [2.05, 4.69) is 19.1 Å². The van der Waals surface area contributed by atoms with Gasteiger partial charge in [0.2, 0.25) is 5.91 Å². The number of hydrogen-bond donors (Lipinski definition) is 0. The molecule has 1 aliphatic rings. The number of amides is 1. The summed E-state index contributed by atoms with van der Waals surface area (Å²) in [7, 11) is 0. The van der Waals surface area contributed by atoms with E-state index in [1.807, 2.05) is 29.2 Å². The predicted molar refractivity (Wildman–Crippen MR) is 93.1 cm³/mol. The molecular formula is C20H25NO3. The van der Waals surface area contributed by atoms with Crippen LogP contribution in [0.5, 0.6) is 5.75 Å². The fraction of sp³-hybridized carbons (Fsp3) is 0.450. The Hall–Kier alpha value is -2.23. The molecule has 1 saturated heterocycles. The fourth-order valence-corrected chi connectivity index (χ4v) is 3.10. The molecule has 24 heavy (non-hydrogen) atoms. The first kappa shape index (κ1) is 16.6. The molecule has 1 aromatic carbocycles. The number of furan rings is 1. The first-order valence-electron chi connectivity index (χ1n) is 8.80. The van der Waals surface area contributed by atoms with E-state index in [0.29, 0.717) is 12.8 Å². The van der Waals surface area contributed by atoms with Crippen molar-refractivity contribution in [2.75, 3.05) is 13.1 Å². The van der Waals surface area contributed by atoms with Gasteiger partial charge in [-0.1, -0.05) is 19.1 Å². The van der Waals surface area contributed by atoms with Crippen LogP contribution in [0.4, 0.5) is 0 Å². The maximum atomic E-state index is 12.3. The number of aryl methyl sites for hydroxylation is 2. The van der Waals surface area contributed by atoms with Crippen LogP contribution in [-0.2, 0) is 17.6 Å². The van der Waals surface area contributed by atoms with Crippen molar-refractivity contribution in [2.24, 2.45) is 0 Å². The molecule has 1 aliphatic heterocycles. The lowest BCUT2D eigenvalue weighted by Gasteiger charge is -2.32. The zero-order valence-corrected chi connectivity index (χ0v) is 14.2. The Morgan fingerprint density at radius 1 is 1.25 bits per heavy atom. The molecule has 0 aliphatic carbocycles. The van der Waals surface area contributed by atoms with Gasteiger partial charge in [0.15, 0.2) is 0 Å². The largest absolute Gasteiger partial charge is 0.490 e. The van der Waals surface area contributed by atoms with Gasteiger partial charge in [0.1, 0.15) is 17.6 Å². The number of ether oxygens (including phenoxy) is 1. The zero-order valence-electron chi connectivity index (χ0n) is 14.2. The highest BCUT2D eigenvalue weighted by atomic mass is 16.5. The summed E-state index contributed by atoms with van der Waals surface area (Å²) in [5.41, 5.74) is 1.29. The topological polar surface area (TPSA) is 42.7 Å². The third-order valence-electron chi connectivity index (χ3n) is 4.57. The molecule has 1 aromatic heterocycles. The van der Waals surface area contributed by atoms with Crippen LogP contribution in [0.2, 0.25) is 0 Å². The van der Waals surface area contributed by atoms with Crippen molar-refractivity contribution in [1.82, 2.24) is 4.90 Å². The van der Waals surface area contributed by atoms with Crippen LogP contribution in [0.25, 0.3) is 0 Å². The highest BCUT2D eigenvalue weighted by Gasteiger charge is 2.23. The molecule has 4 heteroatoms. The van der Waals surface area contributed by atoms with Crippen LogP contribution in [-0.4, -0.2) is 30.0 Å². The van der Waals surface area contributed by atoms with Crippen molar-refractivity contribution in [2.45, 2.75) is 45.1 Å². The number of carbonyl (C=O) groups excluding carboxylic acids is 1. The minimum absolute atomic E-state index is 0.200. The minimum atomic E-state index is 0.200. The highest BCUT2D eigenvalue weighted by Crippen LogP contribution is 2.21. The maximum absolute atomic E-state index is 12.3. The van der Waals surface area contributed by atoms with Gasteiger partial charge in [-0.3, -0.25) is 4.79 Å². The molecule has 0 saturated carbocycles. The van der Waals surface area contributed by atoms with Gasteiger partial charge in [-0.2, -0.15) is 0 Å². The maximum Gasteiger partial charge on any atom is 0.223 e. The lowest BCUT2D eigenvalue weighted by molar-refractivity contribution is -0.133. The van der Waals surface area contributed by atoms with Crippen LogP contribution in [0.3, 0.4) is 0 Å². The molecule has 0 bridgehead atoms. The second kappa shape index (κ2) is 8.04. The molecule has 0 spiro atoms. The number of hydrogen-bond acceptors (Lipinski definition) is 3. The molecule has 0 radical (unpaired) electrons. The minimum Gasteiger partial charge on any atom is -0.490 e. The van der Waals surface area contributed by atoms with Gasteiger partial charge >= 0.3 is 0 Å². The van der Waals surface area contributed by atoms with Crippen molar-refractivity contribution in [3.8, 4) is 5.75 Å². The van der Waals surface area contributed by atoms with E-state index in [1.54, 1.807) is 6.26 Å². The fourth-order valence-electron chi connectivity index (χ4n) is 3.10. The van der Waals surface area contributed by atoms with E-state index < -0.39 is 0 Å². The molecule has 3 rings (SSSR count). The summed E-state index contributed by atoms with van der Waals surface area (Å²) in [6.45, 7) is 3.69. The number of carbonyl (C=O) groups is 1. The quantitative estimate of drug-likeness (QED) is 0.809. The normalized spacial score (nSPS) is 15.5. The second-order valence-electron chi connectivity index (χ2n) is 6.28. The van der Waals surface area contributed by atoms with Crippen molar-refractivity contribution in [3.63, 3.8) is 0 Å². The first-order valence-corrected chi connectivity index (χ1v) is 8.80. The van der Waals surface area contributed by atoms with Gasteiger partial charge in [-0.25, -0.2) is 0 Å². The van der Waals surface area contributed by atoms with Crippen molar-refractivity contribution in [3.05, 3.63) is 54.0 Å². The summed E-state index contributed by atoms with van der Waals surface area (Å²) >= 11 is 0. The van der Waals surface area contributed by atoms with E-state index in [1.165, 1.54) is 5.56 Å². The molecule has 128 valence electrons. The Labute approximate surface area is 143 Å². The van der Waals surface area contributed by atoms with Gasteiger partial charge in [0, 0.05) is 38.8 Å². The van der Waals surface area contributed by atoms with Crippen molar-refractivity contribution >= 4 is 5.91 Å². The Bertz CT molecular complexity index is 643. The standard InChI is InChI=1S/C20H25NO3/c1-2-16-5-3-6-19(15-16)24-18-10-12-21(13-11-18)20(22)9-8-17-7-4-14-23-17/h3-7,14-15,18H,2,8-13H2,1H3. The third kappa shape index (κ3) is 4.40. The lowest BCUT2D eigenvalue weighted by Crippen LogP contribution is -2.41. The van der Waals surface area contributed by atoms with Gasteiger partial charge < -0.3 is 14.1 Å². The Kier molecular flexibility index (Phi) is 5.57. The van der Waals surface area contributed by atoms with Gasteiger partial charge in [-0.15, -0.1) is 0 Å². The summed E-state index contributed by atoms with van der Waals surface area (Å²) in [5.74, 6) is 2.02. The van der Waals surface area contributed by atoms with Gasteiger partial charge in [0.05, 0.1) is 6.26 Å². The molecular weight excluding hydrogens is 302 g/mol. The molecule has 2 heterocycles. The van der Waals surface area contributed by atoms with E-state index in [4.69, 9.17) is 9.15 Å². The third-order valence-corrected chi connectivity index (χ3v) is 4.57. The van der Waals surface area contributed by atoms with Gasteiger partial charge in [0.25, 0.3) is 0 Å². The summed E-state index contributed by atoms with van der Waals surface area (Å²) in [6.07, 6.45) is 5.83. The average molecular weight is 327 g/mol. The lowest BCUT2D eigenvalue weighted by atomic mass is 10.1. The van der Waals surface area contributed by atoms with Gasteiger partial charge in [-0.05, 0) is 36.2 Å². The molecule has 2 aromatic rings. The molecule has 0 N–H and O–H groups in total. The SMILES string of the molecule is CCc1cccc(OC2CCN(C(=O)CCc3ccco3)CC2)c1. The van der Waals surface area contributed by atoms with Crippen LogP contribution < -0.4 is 4.74 Å². The van der Waals surface area contributed by atoms with E-state index in [-0.39, 0.29) is 12.0 Å². The first-order chi connectivity index (χ1) is 11.7. The monoisotopic (exact) mass is 327 g/mol. The number of benzene rings is 1. The Morgan fingerprint density at radius 2 is 2.08 bits per heavy atom. The van der Waals surface area contributed by atoms with Crippen LogP contribution in [0, 0.1) is 0 Å². The highest BCUT2D eigenvalue weighted by molar-refractivity contribution is 5.76. The summed E-state index contributed by atoms with van der Waals surface area (Å²) < 4.78 is 11.4. The zero-order chi connectivity index (χ0) is 16.8. The number of rotatable bonds is 6. The van der Waals surface area contributed by atoms with Crippen LogP contribution >= 0.6 is 0 Å². The summed E-state index contributed by atoms with van der Waals surface area (Å²) in [5, 5.41) is 0. The van der Waals surface area contributed by atoms with Crippen LogP contribution in [0.15, 0.2) is 47.1 Å². The number of nitrogens with zero attached hydrogens (tertiary/aromatic N) is 1. The van der Waals surface area contributed by atoms with Crippen molar-refractivity contribution in [1.29, 1.82) is 0 Å². The molecule has 1 fully saturated rings. The predicted octanol–water partition coefficient (Wildman–Crippen LogP) is 3.84. The summed E-state index contributed by atoms with van der Waals surface area (Å²) in [4.78, 5) is 14.2. The average Bonchev–Trinajstić information content (AvgIpc) is 3.14. The van der Waals surface area contributed by atoms with E-state index >= 15 is 0 Å². The molecule has 1 amide bonds. The van der Waals surface area contributed by atoms with Crippen molar-refractivity contribution < 1.29 is 13.9 Å². The Balaban J connectivity index is 1.44.